The van der Waals surface area contributed by atoms with Crippen LogP contribution in [0.1, 0.15) is 52.9 Å². The van der Waals surface area contributed by atoms with E-state index in [-0.39, 0.29) is 11.4 Å². The van der Waals surface area contributed by atoms with Crippen molar-refractivity contribution in [3.8, 4) is 5.40 Å². The summed E-state index contributed by atoms with van der Waals surface area (Å²) in [7, 11) is 0. The lowest BCUT2D eigenvalue weighted by Gasteiger charge is -2.29. The predicted molar refractivity (Wildman–Crippen MR) is 71.6 cm³/mol. The number of ether oxygens (including phenoxy) is 1. The van der Waals surface area contributed by atoms with Gasteiger partial charge in [-0.2, -0.15) is 5.26 Å². The van der Waals surface area contributed by atoms with Crippen LogP contribution < -0.4 is 0 Å². The number of carbonyl (C=O) groups excluding carboxylic acids is 1. The molecule has 0 aromatic heterocycles. The second-order valence-corrected chi connectivity index (χ2v) is 4.98. The number of hydrogen-bond acceptors (Lipinski definition) is 4. The average molecular weight is 257 g/mol. The molecule has 4 heteroatoms. The molecule has 0 atom stereocenters. The van der Waals surface area contributed by atoms with Crippen LogP contribution >= 0.6 is 11.8 Å². The van der Waals surface area contributed by atoms with Crippen LogP contribution in [0.15, 0.2) is 0 Å². The lowest BCUT2D eigenvalue weighted by Crippen LogP contribution is -2.32. The molecule has 0 aromatic carbocycles. The van der Waals surface area contributed by atoms with Gasteiger partial charge in [-0.3, -0.25) is 4.79 Å². The highest BCUT2D eigenvalue weighted by Crippen LogP contribution is 2.34. The smallest absolute Gasteiger partial charge is 0.312 e. The second-order valence-electron chi connectivity index (χ2n) is 4.10. The zero-order chi connectivity index (χ0) is 13.1. The van der Waals surface area contributed by atoms with Gasteiger partial charge in [-0.15, -0.1) is 0 Å². The fraction of sp³-hybridized carbons (Fsp3) is 0.846. The lowest BCUT2D eigenvalue weighted by atomic mass is 9.78. The van der Waals surface area contributed by atoms with Crippen molar-refractivity contribution in [2.45, 2.75) is 52.9 Å². The van der Waals surface area contributed by atoms with Gasteiger partial charge in [-0.1, -0.05) is 20.3 Å². The molecule has 3 nitrogen and oxygen atoms in total. The van der Waals surface area contributed by atoms with E-state index in [1.165, 1.54) is 11.8 Å². The molecule has 0 radical (unpaired) electrons. The highest BCUT2D eigenvalue weighted by molar-refractivity contribution is 8.03. The van der Waals surface area contributed by atoms with E-state index in [4.69, 9.17) is 10.00 Å². The molecule has 0 saturated carbocycles. The number of thioether (sulfide) groups is 1. The summed E-state index contributed by atoms with van der Waals surface area (Å²) in [5.74, 6) is 0.793. The summed E-state index contributed by atoms with van der Waals surface area (Å²) in [4.78, 5) is 12.0. The third-order valence-corrected chi connectivity index (χ3v) is 3.90. The first-order valence-electron chi connectivity index (χ1n) is 6.35. The third-order valence-electron chi connectivity index (χ3n) is 3.28. The van der Waals surface area contributed by atoms with Crippen LogP contribution in [0.3, 0.4) is 0 Å². The van der Waals surface area contributed by atoms with E-state index in [2.05, 4.69) is 5.40 Å². The molecular weight excluding hydrogens is 234 g/mol. The maximum atomic E-state index is 12.0. The van der Waals surface area contributed by atoms with Crippen molar-refractivity contribution in [1.29, 1.82) is 5.26 Å². The van der Waals surface area contributed by atoms with E-state index < -0.39 is 0 Å². The van der Waals surface area contributed by atoms with E-state index in [1.54, 1.807) is 0 Å². The molecule has 0 aliphatic heterocycles. The van der Waals surface area contributed by atoms with Crippen molar-refractivity contribution in [3.05, 3.63) is 0 Å². The van der Waals surface area contributed by atoms with Crippen molar-refractivity contribution in [2.75, 3.05) is 12.4 Å². The third kappa shape index (κ3) is 5.45. The number of rotatable bonds is 9. The number of esters is 1. The Morgan fingerprint density at radius 2 is 1.94 bits per heavy atom. The van der Waals surface area contributed by atoms with Gasteiger partial charge < -0.3 is 4.74 Å². The summed E-state index contributed by atoms with van der Waals surface area (Å²) in [6, 6.07) is 0. The van der Waals surface area contributed by atoms with Crippen molar-refractivity contribution in [3.63, 3.8) is 0 Å². The molecule has 0 fully saturated rings. The van der Waals surface area contributed by atoms with E-state index in [0.717, 1.165) is 37.9 Å². The van der Waals surface area contributed by atoms with Gasteiger partial charge in [-0.05, 0) is 44.4 Å². The van der Waals surface area contributed by atoms with Gasteiger partial charge in [0.2, 0.25) is 0 Å². The minimum atomic E-state index is -0.312. The Balaban J connectivity index is 4.21. The Hall–Kier alpha value is -0.690. The van der Waals surface area contributed by atoms with Gasteiger partial charge in [0.1, 0.15) is 5.40 Å². The molecule has 0 spiro atoms. The van der Waals surface area contributed by atoms with Crippen LogP contribution in [0, 0.1) is 16.1 Å². The summed E-state index contributed by atoms with van der Waals surface area (Å²) < 4.78 is 5.17. The number of hydrogen-bond donors (Lipinski definition) is 0. The Bertz CT molecular complexity index is 257. The zero-order valence-corrected chi connectivity index (χ0v) is 11.9. The molecule has 17 heavy (non-hydrogen) atoms. The van der Waals surface area contributed by atoms with Crippen LogP contribution in [0.4, 0.5) is 0 Å². The molecular formula is C13H23NO2S. The number of thiocyanates is 1. The Morgan fingerprint density at radius 1 is 1.29 bits per heavy atom. The molecule has 98 valence electrons. The maximum Gasteiger partial charge on any atom is 0.312 e. The fourth-order valence-corrected chi connectivity index (χ4v) is 2.40. The average Bonchev–Trinajstić information content (AvgIpc) is 2.34. The molecule has 0 rings (SSSR count). The highest BCUT2D eigenvalue weighted by atomic mass is 32.2. The molecule has 0 N–H and O–H groups in total. The van der Waals surface area contributed by atoms with Gasteiger partial charge in [0.15, 0.2) is 0 Å². The van der Waals surface area contributed by atoms with Crippen LogP contribution in [0.5, 0.6) is 0 Å². The molecule has 0 aromatic rings. The molecule has 0 aliphatic rings. The number of carbonyl (C=O) groups is 1. The van der Waals surface area contributed by atoms with Crippen molar-refractivity contribution >= 4 is 17.7 Å². The molecule has 0 bridgehead atoms. The summed E-state index contributed by atoms with van der Waals surface area (Å²) in [5.41, 5.74) is -0.312. The largest absolute Gasteiger partial charge is 0.466 e. The number of nitriles is 1. The second kappa shape index (κ2) is 9.35. The van der Waals surface area contributed by atoms with Crippen LogP contribution in [0.2, 0.25) is 0 Å². The van der Waals surface area contributed by atoms with E-state index in [9.17, 15) is 4.79 Å². The number of nitrogens with zero attached hydrogens (tertiary/aromatic N) is 1. The zero-order valence-electron chi connectivity index (χ0n) is 11.1. The summed E-state index contributed by atoms with van der Waals surface area (Å²) in [6.07, 6.45) is 4.49. The standard InChI is InChI=1S/C13H23NO2S/c1-4-13(5-2,12(15)16-6-3)9-7-8-10-17-11-14/h4-10H2,1-3H3. The van der Waals surface area contributed by atoms with Gasteiger partial charge in [-0.25, -0.2) is 0 Å². The summed E-state index contributed by atoms with van der Waals surface area (Å²) in [6.45, 7) is 6.39. The lowest BCUT2D eigenvalue weighted by molar-refractivity contribution is -0.156. The fourth-order valence-electron chi connectivity index (χ4n) is 1.96. The van der Waals surface area contributed by atoms with Crippen molar-refractivity contribution in [2.24, 2.45) is 5.41 Å². The minimum Gasteiger partial charge on any atom is -0.466 e. The predicted octanol–water partition coefficient (Wildman–Crippen LogP) is 3.74. The highest BCUT2D eigenvalue weighted by Gasteiger charge is 2.35. The minimum absolute atomic E-state index is 0.0575. The Labute approximate surface area is 109 Å². The first-order valence-corrected chi connectivity index (χ1v) is 7.33. The summed E-state index contributed by atoms with van der Waals surface area (Å²) in [5, 5.41) is 10.5. The SMILES string of the molecule is CCOC(=O)C(CC)(CC)CCCCSC#N. The topological polar surface area (TPSA) is 50.1 Å². The Kier molecular flexibility index (Phi) is 8.97. The quantitative estimate of drug-likeness (QED) is 0.359. The first-order chi connectivity index (χ1) is 8.16. The first kappa shape index (κ1) is 16.3. The maximum absolute atomic E-state index is 12.0. The van der Waals surface area contributed by atoms with Crippen molar-refractivity contribution < 1.29 is 9.53 Å². The molecule has 0 heterocycles. The van der Waals surface area contributed by atoms with Gasteiger partial charge >= 0.3 is 5.97 Å². The van der Waals surface area contributed by atoms with E-state index in [0.29, 0.717) is 6.61 Å². The normalized spacial score (nSPS) is 10.9. The van der Waals surface area contributed by atoms with E-state index in [1.807, 2.05) is 20.8 Å². The van der Waals surface area contributed by atoms with Crippen LogP contribution in [-0.4, -0.2) is 18.3 Å². The van der Waals surface area contributed by atoms with Crippen LogP contribution in [0.25, 0.3) is 0 Å². The molecule has 0 aliphatic carbocycles. The van der Waals surface area contributed by atoms with Crippen molar-refractivity contribution in [1.82, 2.24) is 0 Å². The molecule has 0 unspecified atom stereocenters. The van der Waals surface area contributed by atoms with Gasteiger partial charge in [0.05, 0.1) is 12.0 Å². The monoisotopic (exact) mass is 257 g/mol. The number of unbranched alkanes of at least 4 members (excludes halogenated alkanes) is 1. The Morgan fingerprint density at radius 3 is 2.41 bits per heavy atom. The molecule has 0 amide bonds. The van der Waals surface area contributed by atoms with Crippen LogP contribution in [-0.2, 0) is 9.53 Å². The van der Waals surface area contributed by atoms with E-state index >= 15 is 0 Å². The van der Waals surface area contributed by atoms with Gasteiger partial charge in [0, 0.05) is 5.75 Å². The van der Waals surface area contributed by atoms with Gasteiger partial charge in [0.25, 0.3) is 0 Å². The molecule has 0 saturated heterocycles. The summed E-state index contributed by atoms with van der Waals surface area (Å²) >= 11 is 1.28.